The van der Waals surface area contributed by atoms with Crippen molar-refractivity contribution >= 4 is 52.5 Å². The highest BCUT2D eigenvalue weighted by Crippen LogP contribution is 2.32. The van der Waals surface area contributed by atoms with Crippen LogP contribution in [0.5, 0.6) is 0 Å². The number of hydrogen-bond acceptors (Lipinski definition) is 4. The van der Waals surface area contributed by atoms with Gasteiger partial charge in [0.2, 0.25) is 11.8 Å². The topological polar surface area (TPSA) is 95.6 Å². The number of carbonyl (C=O) groups excluding carboxylic acids is 4. The van der Waals surface area contributed by atoms with Gasteiger partial charge in [0.15, 0.2) is 11.6 Å². The largest absolute Gasteiger partial charge is 0.345 e. The Morgan fingerprint density at radius 2 is 1.57 bits per heavy atom. The minimum atomic E-state index is -1.23. The third kappa shape index (κ3) is 4.12. The molecule has 7 nitrogen and oxygen atoms in total. The number of rotatable bonds is 5. The van der Waals surface area contributed by atoms with Crippen LogP contribution >= 0.6 is 23.2 Å². The normalized spacial score (nSPS) is 13.8. The van der Waals surface area contributed by atoms with Gasteiger partial charge in [-0.3, -0.25) is 24.1 Å². The molecule has 2 N–H and O–H groups in total. The summed E-state index contributed by atoms with van der Waals surface area (Å²) in [5, 5.41) is 4.73. The zero-order valence-electron chi connectivity index (χ0n) is 15.3. The number of nitrogens with zero attached hydrogens (tertiary/aromatic N) is 1. The second-order valence-corrected chi connectivity index (χ2v) is 7.18. The van der Waals surface area contributed by atoms with E-state index in [4.69, 9.17) is 23.2 Å². The predicted octanol–water partition coefficient (Wildman–Crippen LogP) is 3.01. The first-order valence-electron chi connectivity index (χ1n) is 8.49. The quantitative estimate of drug-likeness (QED) is 0.677. The molecule has 30 heavy (non-hydrogen) atoms. The van der Waals surface area contributed by atoms with Gasteiger partial charge in [0.1, 0.15) is 6.04 Å². The molecule has 2 aromatic carbocycles. The van der Waals surface area contributed by atoms with Crippen molar-refractivity contribution in [2.75, 3.05) is 11.9 Å². The summed E-state index contributed by atoms with van der Waals surface area (Å²) < 4.78 is 26.1. The van der Waals surface area contributed by atoms with Crippen LogP contribution in [0, 0.1) is 11.6 Å². The van der Waals surface area contributed by atoms with Gasteiger partial charge in [-0.15, -0.1) is 0 Å². The van der Waals surface area contributed by atoms with Gasteiger partial charge in [0.05, 0.1) is 27.7 Å². The Morgan fingerprint density at radius 3 is 2.10 bits per heavy atom. The van der Waals surface area contributed by atoms with Crippen LogP contribution < -0.4 is 10.6 Å². The van der Waals surface area contributed by atoms with Gasteiger partial charge >= 0.3 is 0 Å². The number of carbonyl (C=O) groups is 4. The van der Waals surface area contributed by atoms with Gasteiger partial charge in [-0.1, -0.05) is 23.2 Å². The molecule has 0 aliphatic carbocycles. The number of anilines is 1. The smallest absolute Gasteiger partial charge is 0.262 e. The maximum atomic E-state index is 13.2. The summed E-state index contributed by atoms with van der Waals surface area (Å²) in [5.74, 6) is -5.15. The van der Waals surface area contributed by atoms with Crippen molar-refractivity contribution in [2.24, 2.45) is 0 Å². The molecule has 1 aliphatic heterocycles. The zero-order valence-corrected chi connectivity index (χ0v) is 16.8. The SMILES string of the molecule is CC(C(=O)NCC(=O)Nc1ccc(F)c(F)c1)N1C(=O)c2cc(Cl)c(Cl)cc2C1=O. The van der Waals surface area contributed by atoms with E-state index in [-0.39, 0.29) is 26.9 Å². The molecule has 3 rings (SSSR count). The molecule has 1 heterocycles. The van der Waals surface area contributed by atoms with Crippen molar-refractivity contribution in [1.29, 1.82) is 0 Å². The fraction of sp³-hybridized carbons (Fsp3) is 0.158. The van der Waals surface area contributed by atoms with E-state index in [1.165, 1.54) is 19.1 Å². The molecule has 11 heteroatoms. The molecule has 0 spiro atoms. The van der Waals surface area contributed by atoms with Crippen molar-refractivity contribution in [3.8, 4) is 0 Å². The fourth-order valence-electron chi connectivity index (χ4n) is 2.82. The van der Waals surface area contributed by atoms with Crippen LogP contribution in [-0.4, -0.2) is 41.1 Å². The summed E-state index contributed by atoms with van der Waals surface area (Å²) in [6.07, 6.45) is 0. The van der Waals surface area contributed by atoms with Gasteiger partial charge in [0.25, 0.3) is 11.8 Å². The Bertz CT molecular complexity index is 1050. The van der Waals surface area contributed by atoms with Crippen LogP contribution in [0.25, 0.3) is 0 Å². The highest BCUT2D eigenvalue weighted by molar-refractivity contribution is 6.43. The summed E-state index contributed by atoms with van der Waals surface area (Å²) >= 11 is 11.8. The van der Waals surface area contributed by atoms with E-state index in [2.05, 4.69) is 10.6 Å². The summed E-state index contributed by atoms with van der Waals surface area (Å²) in [5.41, 5.74) is 0.0329. The number of benzene rings is 2. The number of halogens is 4. The van der Waals surface area contributed by atoms with E-state index < -0.39 is 47.8 Å². The minimum absolute atomic E-state index is 0.00435. The number of imide groups is 1. The predicted molar refractivity (Wildman–Crippen MR) is 104 cm³/mol. The summed E-state index contributed by atoms with van der Waals surface area (Å²) in [4.78, 5) is 50.1. The van der Waals surface area contributed by atoms with E-state index in [0.717, 1.165) is 23.1 Å². The Kier molecular flexibility index (Phi) is 6.04. The lowest BCUT2D eigenvalue weighted by atomic mass is 10.1. The van der Waals surface area contributed by atoms with Crippen molar-refractivity contribution in [3.63, 3.8) is 0 Å². The van der Waals surface area contributed by atoms with Gasteiger partial charge in [0, 0.05) is 11.8 Å². The zero-order chi connectivity index (χ0) is 22.2. The third-order valence-corrected chi connectivity index (χ3v) is 5.07. The van der Waals surface area contributed by atoms with Crippen LogP contribution in [0.3, 0.4) is 0 Å². The molecule has 1 aliphatic rings. The molecular weight excluding hydrogens is 443 g/mol. The van der Waals surface area contributed by atoms with Gasteiger partial charge < -0.3 is 10.6 Å². The molecule has 1 atom stereocenters. The maximum absolute atomic E-state index is 13.2. The molecule has 0 aromatic heterocycles. The second kappa shape index (κ2) is 8.37. The van der Waals surface area contributed by atoms with E-state index in [0.29, 0.717) is 0 Å². The molecule has 0 bridgehead atoms. The third-order valence-electron chi connectivity index (χ3n) is 4.35. The van der Waals surface area contributed by atoms with Crippen molar-refractivity contribution in [2.45, 2.75) is 13.0 Å². The summed E-state index contributed by atoms with van der Waals surface area (Å²) in [6, 6.07) is 4.04. The first-order valence-corrected chi connectivity index (χ1v) is 9.25. The summed E-state index contributed by atoms with van der Waals surface area (Å²) in [6.45, 7) is 0.788. The highest BCUT2D eigenvalue weighted by atomic mass is 35.5. The molecule has 0 saturated heterocycles. The Hall–Kier alpha value is -3.04. The lowest BCUT2D eigenvalue weighted by Gasteiger charge is -2.21. The van der Waals surface area contributed by atoms with Crippen LogP contribution in [0.2, 0.25) is 10.0 Å². The van der Waals surface area contributed by atoms with E-state index in [1.54, 1.807) is 0 Å². The molecule has 156 valence electrons. The van der Waals surface area contributed by atoms with E-state index in [9.17, 15) is 28.0 Å². The second-order valence-electron chi connectivity index (χ2n) is 6.36. The van der Waals surface area contributed by atoms with Crippen LogP contribution in [0.4, 0.5) is 14.5 Å². The van der Waals surface area contributed by atoms with Crippen molar-refractivity contribution < 1.29 is 28.0 Å². The summed E-state index contributed by atoms with van der Waals surface area (Å²) in [7, 11) is 0. The average molecular weight is 456 g/mol. The van der Waals surface area contributed by atoms with Gasteiger partial charge in [-0.2, -0.15) is 0 Å². The lowest BCUT2D eigenvalue weighted by molar-refractivity contribution is -0.126. The maximum Gasteiger partial charge on any atom is 0.262 e. The standard InChI is InChI=1S/C19H13Cl2F2N3O4/c1-8(26-18(29)10-5-12(20)13(21)6-11(10)19(26)30)17(28)24-7-16(27)25-9-2-3-14(22)15(23)4-9/h2-6,8H,7H2,1H3,(H,24,28)(H,25,27). The van der Waals surface area contributed by atoms with E-state index >= 15 is 0 Å². The number of hydrogen-bond donors (Lipinski definition) is 2. The van der Waals surface area contributed by atoms with Crippen LogP contribution in [-0.2, 0) is 9.59 Å². The fourth-order valence-corrected chi connectivity index (χ4v) is 3.14. The Morgan fingerprint density at radius 1 is 1.00 bits per heavy atom. The molecular formula is C19H13Cl2F2N3O4. The molecule has 0 saturated carbocycles. The first-order chi connectivity index (χ1) is 14.1. The molecule has 4 amide bonds. The Labute approximate surface area is 178 Å². The minimum Gasteiger partial charge on any atom is -0.345 e. The number of fused-ring (bicyclic) bond motifs is 1. The number of amides is 4. The average Bonchev–Trinajstić information content (AvgIpc) is 2.92. The molecule has 1 unspecified atom stereocenters. The molecule has 2 aromatic rings. The van der Waals surface area contributed by atoms with Crippen LogP contribution in [0.1, 0.15) is 27.6 Å². The van der Waals surface area contributed by atoms with Crippen molar-refractivity contribution in [1.82, 2.24) is 10.2 Å². The monoisotopic (exact) mass is 455 g/mol. The van der Waals surface area contributed by atoms with Gasteiger partial charge in [-0.25, -0.2) is 8.78 Å². The highest BCUT2D eigenvalue weighted by Gasteiger charge is 2.41. The number of nitrogens with one attached hydrogen (secondary N) is 2. The van der Waals surface area contributed by atoms with Crippen molar-refractivity contribution in [3.05, 3.63) is 63.1 Å². The Balaban J connectivity index is 1.63. The van der Waals surface area contributed by atoms with E-state index in [1.807, 2.05) is 0 Å². The van der Waals surface area contributed by atoms with Crippen LogP contribution in [0.15, 0.2) is 30.3 Å². The first kappa shape index (κ1) is 21.7. The van der Waals surface area contributed by atoms with Gasteiger partial charge in [-0.05, 0) is 31.2 Å². The molecule has 0 radical (unpaired) electrons. The lowest BCUT2D eigenvalue weighted by Crippen LogP contribution is -2.49. The molecule has 0 fully saturated rings.